The summed E-state index contributed by atoms with van der Waals surface area (Å²) in [6, 6.07) is 9.29. The zero-order valence-electron chi connectivity index (χ0n) is 13.2. The number of primary amides is 2. The Balaban J connectivity index is 0.000000219. The van der Waals surface area contributed by atoms with Crippen LogP contribution in [0.3, 0.4) is 0 Å². The maximum absolute atomic E-state index is 13.0. The third-order valence-corrected chi connectivity index (χ3v) is 3.93. The minimum Gasteiger partial charge on any atom is -0.369 e. The van der Waals surface area contributed by atoms with Gasteiger partial charge >= 0.3 is 0 Å². The topological polar surface area (TPSA) is 99.1 Å². The van der Waals surface area contributed by atoms with Crippen molar-refractivity contribution in [3.63, 3.8) is 0 Å². The van der Waals surface area contributed by atoms with Crippen LogP contribution in [0.1, 0.15) is 36.0 Å². The monoisotopic (exact) mass is 329 g/mol. The standard InChI is InChI=1S/C12H9FN2O.C6H11NO/c13-10-3-1-2-8(6-10)11-5-4-9(7-15-11)12(14)16;7-6(8)5-3-1-2-4-5/h1-7H,(H2,14,16);5H,1-4H2,(H2,7,8). The van der Waals surface area contributed by atoms with Gasteiger partial charge in [-0.05, 0) is 37.1 Å². The van der Waals surface area contributed by atoms with Crippen LogP contribution in [0.5, 0.6) is 0 Å². The third kappa shape index (κ3) is 4.87. The molecule has 0 unspecified atom stereocenters. The molecule has 6 heteroatoms. The van der Waals surface area contributed by atoms with Crippen molar-refractivity contribution in [1.29, 1.82) is 0 Å². The predicted molar refractivity (Wildman–Crippen MR) is 89.3 cm³/mol. The zero-order valence-corrected chi connectivity index (χ0v) is 13.2. The molecule has 1 heterocycles. The van der Waals surface area contributed by atoms with Crippen LogP contribution < -0.4 is 11.5 Å². The first-order chi connectivity index (χ1) is 11.5. The number of aromatic nitrogens is 1. The van der Waals surface area contributed by atoms with E-state index in [0.29, 0.717) is 16.8 Å². The Bertz CT molecular complexity index is 710. The molecular weight excluding hydrogens is 309 g/mol. The van der Waals surface area contributed by atoms with Gasteiger partial charge in [0.05, 0.1) is 11.3 Å². The number of nitrogens with zero attached hydrogens (tertiary/aromatic N) is 1. The van der Waals surface area contributed by atoms with Crippen LogP contribution in [0, 0.1) is 11.7 Å². The quantitative estimate of drug-likeness (QED) is 0.905. The number of halogens is 1. The fraction of sp³-hybridized carbons (Fsp3) is 0.278. The number of hydrogen-bond acceptors (Lipinski definition) is 3. The summed E-state index contributed by atoms with van der Waals surface area (Å²) in [4.78, 5) is 25.3. The largest absolute Gasteiger partial charge is 0.369 e. The molecule has 0 saturated heterocycles. The highest BCUT2D eigenvalue weighted by molar-refractivity contribution is 5.92. The summed E-state index contributed by atoms with van der Waals surface area (Å²) in [5, 5.41) is 0. The Labute approximate surface area is 139 Å². The van der Waals surface area contributed by atoms with Crippen LogP contribution in [0.4, 0.5) is 4.39 Å². The highest BCUT2D eigenvalue weighted by atomic mass is 19.1. The molecule has 0 spiro atoms. The molecule has 1 fully saturated rings. The van der Waals surface area contributed by atoms with Crippen molar-refractivity contribution in [2.24, 2.45) is 17.4 Å². The first kappa shape index (κ1) is 17.6. The van der Waals surface area contributed by atoms with Gasteiger partial charge in [0, 0.05) is 17.7 Å². The van der Waals surface area contributed by atoms with Gasteiger partial charge in [0.15, 0.2) is 0 Å². The lowest BCUT2D eigenvalue weighted by Gasteiger charge is -2.01. The van der Waals surface area contributed by atoms with Gasteiger partial charge in [-0.3, -0.25) is 14.6 Å². The van der Waals surface area contributed by atoms with E-state index in [-0.39, 0.29) is 17.6 Å². The molecule has 1 saturated carbocycles. The van der Waals surface area contributed by atoms with Gasteiger partial charge < -0.3 is 11.5 Å². The summed E-state index contributed by atoms with van der Waals surface area (Å²) in [5.41, 5.74) is 11.7. The number of hydrogen-bond donors (Lipinski definition) is 2. The summed E-state index contributed by atoms with van der Waals surface area (Å²) in [6.45, 7) is 0. The Morgan fingerprint density at radius 2 is 1.79 bits per heavy atom. The lowest BCUT2D eigenvalue weighted by molar-refractivity contribution is -0.121. The molecule has 3 rings (SSSR count). The van der Waals surface area contributed by atoms with Crippen LogP contribution >= 0.6 is 0 Å². The Morgan fingerprint density at radius 3 is 2.25 bits per heavy atom. The van der Waals surface area contributed by atoms with Gasteiger partial charge in [-0.1, -0.05) is 25.0 Å². The molecule has 2 amide bonds. The molecule has 5 nitrogen and oxygen atoms in total. The van der Waals surface area contributed by atoms with Crippen LogP contribution in [0.25, 0.3) is 11.3 Å². The molecule has 1 aliphatic carbocycles. The minimum atomic E-state index is -0.529. The van der Waals surface area contributed by atoms with Crippen molar-refractivity contribution in [2.75, 3.05) is 0 Å². The molecule has 24 heavy (non-hydrogen) atoms. The molecule has 0 aliphatic heterocycles. The van der Waals surface area contributed by atoms with Gasteiger partial charge in [0.2, 0.25) is 11.8 Å². The zero-order chi connectivity index (χ0) is 17.5. The van der Waals surface area contributed by atoms with E-state index < -0.39 is 5.91 Å². The lowest BCUT2D eigenvalue weighted by Crippen LogP contribution is -2.19. The Hall–Kier alpha value is -2.76. The second kappa shape index (κ2) is 8.19. The normalized spacial score (nSPS) is 13.9. The number of carbonyl (C=O) groups is 2. The molecule has 0 atom stereocenters. The predicted octanol–water partition coefficient (Wildman–Crippen LogP) is 2.65. The van der Waals surface area contributed by atoms with E-state index in [1.165, 1.54) is 31.2 Å². The minimum absolute atomic E-state index is 0.109. The highest BCUT2D eigenvalue weighted by Crippen LogP contribution is 2.23. The molecule has 4 N–H and O–H groups in total. The van der Waals surface area contributed by atoms with E-state index >= 15 is 0 Å². The summed E-state index contributed by atoms with van der Waals surface area (Å²) >= 11 is 0. The van der Waals surface area contributed by atoms with Crippen molar-refractivity contribution in [3.05, 3.63) is 54.0 Å². The average Bonchev–Trinajstić information content (AvgIpc) is 3.10. The number of benzene rings is 1. The molecule has 1 aromatic carbocycles. The maximum Gasteiger partial charge on any atom is 0.250 e. The highest BCUT2D eigenvalue weighted by Gasteiger charge is 2.19. The van der Waals surface area contributed by atoms with Crippen LogP contribution in [-0.4, -0.2) is 16.8 Å². The van der Waals surface area contributed by atoms with E-state index in [4.69, 9.17) is 11.5 Å². The SMILES string of the molecule is NC(=O)C1CCCC1.NC(=O)c1ccc(-c2cccc(F)c2)nc1. The Morgan fingerprint density at radius 1 is 1.08 bits per heavy atom. The number of nitrogens with two attached hydrogens (primary N) is 2. The Kier molecular flexibility index (Phi) is 6.01. The third-order valence-electron chi connectivity index (χ3n) is 3.93. The van der Waals surface area contributed by atoms with Crippen molar-refractivity contribution in [3.8, 4) is 11.3 Å². The number of carbonyl (C=O) groups excluding carboxylic acids is 2. The lowest BCUT2D eigenvalue weighted by atomic mass is 10.1. The molecule has 2 aromatic rings. The van der Waals surface area contributed by atoms with Crippen LogP contribution in [0.2, 0.25) is 0 Å². The molecule has 126 valence electrons. The van der Waals surface area contributed by atoms with Crippen LogP contribution in [0.15, 0.2) is 42.6 Å². The first-order valence-corrected chi connectivity index (χ1v) is 7.78. The average molecular weight is 329 g/mol. The summed E-state index contributed by atoms with van der Waals surface area (Å²) in [7, 11) is 0. The summed E-state index contributed by atoms with van der Waals surface area (Å²) in [5.74, 6) is -0.755. The smallest absolute Gasteiger partial charge is 0.250 e. The molecule has 1 aliphatic rings. The number of amides is 2. The van der Waals surface area contributed by atoms with E-state index in [9.17, 15) is 14.0 Å². The fourth-order valence-electron chi connectivity index (χ4n) is 2.57. The molecule has 1 aromatic heterocycles. The van der Waals surface area contributed by atoms with Gasteiger partial charge in [0.25, 0.3) is 0 Å². The summed E-state index contributed by atoms with van der Waals surface area (Å²) in [6.07, 6.45) is 5.80. The van der Waals surface area contributed by atoms with Crippen molar-refractivity contribution >= 4 is 11.8 Å². The van der Waals surface area contributed by atoms with Gasteiger partial charge in [-0.25, -0.2) is 4.39 Å². The summed E-state index contributed by atoms with van der Waals surface area (Å²) < 4.78 is 13.0. The molecule has 0 bridgehead atoms. The van der Waals surface area contributed by atoms with Crippen molar-refractivity contribution < 1.29 is 14.0 Å². The van der Waals surface area contributed by atoms with Gasteiger partial charge in [0.1, 0.15) is 5.82 Å². The first-order valence-electron chi connectivity index (χ1n) is 7.78. The molecule has 0 radical (unpaired) electrons. The number of rotatable bonds is 3. The van der Waals surface area contributed by atoms with Crippen molar-refractivity contribution in [2.45, 2.75) is 25.7 Å². The van der Waals surface area contributed by atoms with Crippen LogP contribution in [-0.2, 0) is 4.79 Å². The second-order valence-corrected chi connectivity index (χ2v) is 5.69. The van der Waals surface area contributed by atoms with Gasteiger partial charge in [-0.2, -0.15) is 0 Å². The fourth-order valence-corrected chi connectivity index (χ4v) is 2.57. The van der Waals surface area contributed by atoms with E-state index in [2.05, 4.69) is 4.98 Å². The molecular formula is C18H20FN3O2. The van der Waals surface area contributed by atoms with E-state index in [1.807, 2.05) is 0 Å². The van der Waals surface area contributed by atoms with E-state index in [1.54, 1.807) is 24.3 Å². The maximum atomic E-state index is 13.0. The second-order valence-electron chi connectivity index (χ2n) is 5.69. The van der Waals surface area contributed by atoms with Gasteiger partial charge in [-0.15, -0.1) is 0 Å². The van der Waals surface area contributed by atoms with E-state index in [0.717, 1.165) is 12.8 Å². The van der Waals surface area contributed by atoms with Crippen molar-refractivity contribution in [1.82, 2.24) is 4.98 Å². The number of pyridine rings is 1.